The highest BCUT2D eigenvalue weighted by atomic mass is 35.5. The van der Waals surface area contributed by atoms with Crippen molar-refractivity contribution in [2.24, 2.45) is 10.8 Å². The largest absolute Gasteiger partial charge is 0.388 e. The second-order valence-corrected chi connectivity index (χ2v) is 6.44. The van der Waals surface area contributed by atoms with E-state index in [9.17, 15) is 4.79 Å². The molecule has 1 aromatic carbocycles. The number of hydrazone groups is 1. The van der Waals surface area contributed by atoms with Crippen molar-refractivity contribution in [2.75, 3.05) is 38.7 Å². The molecule has 0 aromatic heterocycles. The maximum Gasteiger partial charge on any atom is 0.277 e. The van der Waals surface area contributed by atoms with E-state index in [4.69, 9.17) is 41.2 Å². The van der Waals surface area contributed by atoms with Gasteiger partial charge in [-0.1, -0.05) is 35.4 Å². The molecule has 1 aromatic rings. The Bertz CT molecular complexity index is 644. The first-order valence-corrected chi connectivity index (χ1v) is 8.11. The van der Waals surface area contributed by atoms with Gasteiger partial charge in [0.1, 0.15) is 4.99 Å². The number of likely N-dealkylation sites (N-methyl/N-ethyl adjacent to an activating group) is 1. The fourth-order valence-corrected chi connectivity index (χ4v) is 2.65. The SMILES string of the molecule is CN1CCN(C(=O)/C(=N\Nc2ccc(Cl)cc2Cl)C(N)=S)CC1. The number of nitrogens with one attached hydrogen (secondary N) is 1. The third-order valence-corrected chi connectivity index (χ3v) is 4.19. The topological polar surface area (TPSA) is 74.0 Å². The molecule has 1 saturated heterocycles. The summed E-state index contributed by atoms with van der Waals surface area (Å²) in [6.45, 7) is 2.82. The summed E-state index contributed by atoms with van der Waals surface area (Å²) in [5.74, 6) is -0.289. The van der Waals surface area contributed by atoms with Gasteiger partial charge < -0.3 is 15.5 Å². The summed E-state index contributed by atoms with van der Waals surface area (Å²) in [6, 6.07) is 4.89. The zero-order chi connectivity index (χ0) is 17.0. The fraction of sp³-hybridized carbons (Fsp3) is 0.357. The molecule has 0 bridgehead atoms. The second-order valence-electron chi connectivity index (χ2n) is 5.16. The van der Waals surface area contributed by atoms with Gasteiger partial charge >= 0.3 is 0 Å². The molecule has 6 nitrogen and oxygen atoms in total. The van der Waals surface area contributed by atoms with Gasteiger partial charge in [0.05, 0.1) is 10.7 Å². The summed E-state index contributed by atoms with van der Waals surface area (Å²) in [7, 11) is 2.01. The van der Waals surface area contributed by atoms with Crippen molar-refractivity contribution in [3.63, 3.8) is 0 Å². The highest BCUT2D eigenvalue weighted by Crippen LogP contribution is 2.25. The van der Waals surface area contributed by atoms with Crippen LogP contribution in [0.4, 0.5) is 5.69 Å². The Hall–Kier alpha value is -1.41. The zero-order valence-corrected chi connectivity index (χ0v) is 14.9. The van der Waals surface area contributed by atoms with Gasteiger partial charge in [0.15, 0.2) is 5.71 Å². The van der Waals surface area contributed by atoms with Crippen LogP contribution in [0.3, 0.4) is 0 Å². The molecule has 23 heavy (non-hydrogen) atoms. The maximum absolute atomic E-state index is 12.5. The average molecular weight is 374 g/mol. The zero-order valence-electron chi connectivity index (χ0n) is 12.6. The van der Waals surface area contributed by atoms with Crippen LogP contribution in [-0.2, 0) is 4.79 Å². The van der Waals surface area contributed by atoms with Gasteiger partial charge in [-0.15, -0.1) is 0 Å². The van der Waals surface area contributed by atoms with Crippen molar-refractivity contribution in [3.05, 3.63) is 28.2 Å². The molecule has 0 aliphatic carbocycles. The third-order valence-electron chi connectivity index (χ3n) is 3.45. The number of hydrogen-bond donors (Lipinski definition) is 2. The van der Waals surface area contributed by atoms with Crippen LogP contribution >= 0.6 is 35.4 Å². The molecule has 1 aliphatic rings. The van der Waals surface area contributed by atoms with Crippen molar-refractivity contribution in [1.29, 1.82) is 0 Å². The Balaban J connectivity index is 2.14. The van der Waals surface area contributed by atoms with Crippen molar-refractivity contribution in [2.45, 2.75) is 0 Å². The lowest BCUT2D eigenvalue weighted by molar-refractivity contribution is -0.125. The van der Waals surface area contributed by atoms with Crippen LogP contribution in [0.15, 0.2) is 23.3 Å². The maximum atomic E-state index is 12.5. The monoisotopic (exact) mass is 373 g/mol. The predicted molar refractivity (Wildman–Crippen MR) is 98.4 cm³/mol. The first-order chi connectivity index (χ1) is 10.9. The number of amides is 1. The van der Waals surface area contributed by atoms with E-state index >= 15 is 0 Å². The number of thiocarbonyl (C=S) groups is 1. The summed E-state index contributed by atoms with van der Waals surface area (Å²) in [5.41, 5.74) is 8.89. The van der Waals surface area contributed by atoms with Crippen molar-refractivity contribution in [1.82, 2.24) is 9.80 Å². The van der Waals surface area contributed by atoms with Crippen LogP contribution in [0.1, 0.15) is 0 Å². The fourth-order valence-electron chi connectivity index (χ4n) is 2.06. The standard InChI is InChI=1S/C14H17Cl2N5OS/c1-20-4-6-21(7-5-20)14(22)12(13(17)23)19-18-11-3-2-9(15)8-10(11)16/h2-3,8,18H,4-7H2,1H3,(H2,17,23)/b19-12-. The smallest absolute Gasteiger partial charge is 0.277 e. The molecule has 3 N–H and O–H groups in total. The predicted octanol–water partition coefficient (Wildman–Crippen LogP) is 1.82. The highest BCUT2D eigenvalue weighted by molar-refractivity contribution is 7.82. The van der Waals surface area contributed by atoms with Gasteiger partial charge in [0.25, 0.3) is 5.91 Å². The van der Waals surface area contributed by atoms with Crippen LogP contribution in [0.25, 0.3) is 0 Å². The lowest BCUT2D eigenvalue weighted by Gasteiger charge is -2.32. The Morgan fingerprint density at radius 2 is 1.96 bits per heavy atom. The minimum Gasteiger partial charge on any atom is -0.388 e. The van der Waals surface area contributed by atoms with E-state index in [1.165, 1.54) is 0 Å². The number of carbonyl (C=O) groups excluding carboxylic acids is 1. The minimum atomic E-state index is -0.289. The average Bonchev–Trinajstić information content (AvgIpc) is 2.49. The molecule has 124 valence electrons. The summed E-state index contributed by atoms with van der Waals surface area (Å²) >= 11 is 16.8. The number of carbonyl (C=O) groups is 1. The lowest BCUT2D eigenvalue weighted by atomic mass is 10.2. The number of nitrogens with two attached hydrogens (primary N) is 1. The Morgan fingerprint density at radius 1 is 1.30 bits per heavy atom. The molecular weight excluding hydrogens is 357 g/mol. The first-order valence-electron chi connectivity index (χ1n) is 6.95. The Labute approximate surface area is 150 Å². The van der Waals surface area contributed by atoms with Gasteiger partial charge in [0.2, 0.25) is 0 Å². The molecule has 0 saturated carbocycles. The van der Waals surface area contributed by atoms with Crippen molar-refractivity contribution >= 4 is 57.7 Å². The van der Waals surface area contributed by atoms with Crippen LogP contribution < -0.4 is 11.2 Å². The van der Waals surface area contributed by atoms with E-state index in [0.29, 0.717) is 28.8 Å². The molecule has 0 spiro atoms. The normalized spacial score (nSPS) is 16.3. The number of anilines is 1. The molecule has 0 radical (unpaired) electrons. The molecule has 1 aliphatic heterocycles. The van der Waals surface area contributed by atoms with E-state index in [1.54, 1.807) is 23.1 Å². The van der Waals surface area contributed by atoms with Gasteiger partial charge in [-0.25, -0.2) is 0 Å². The Morgan fingerprint density at radius 3 is 2.52 bits per heavy atom. The number of rotatable bonds is 4. The molecule has 1 fully saturated rings. The summed E-state index contributed by atoms with van der Waals surface area (Å²) in [4.78, 5) is 16.3. The lowest BCUT2D eigenvalue weighted by Crippen LogP contribution is -2.51. The second kappa shape index (κ2) is 7.92. The highest BCUT2D eigenvalue weighted by Gasteiger charge is 2.25. The number of benzene rings is 1. The van der Waals surface area contributed by atoms with E-state index in [0.717, 1.165) is 13.1 Å². The molecule has 9 heteroatoms. The van der Waals surface area contributed by atoms with E-state index in [1.807, 2.05) is 7.05 Å². The first kappa shape index (κ1) is 17.9. The molecule has 0 unspecified atom stereocenters. The molecule has 1 heterocycles. The van der Waals surface area contributed by atoms with Crippen LogP contribution in [-0.4, -0.2) is 59.6 Å². The van der Waals surface area contributed by atoms with E-state index in [-0.39, 0.29) is 16.6 Å². The quantitative estimate of drug-likeness (QED) is 0.478. The minimum absolute atomic E-state index is 0.00979. The van der Waals surface area contributed by atoms with Crippen molar-refractivity contribution < 1.29 is 4.79 Å². The summed E-state index contributed by atoms with van der Waals surface area (Å²) in [6.07, 6.45) is 0. The van der Waals surface area contributed by atoms with Crippen LogP contribution in [0.2, 0.25) is 10.0 Å². The van der Waals surface area contributed by atoms with Gasteiger partial charge in [-0.3, -0.25) is 10.2 Å². The van der Waals surface area contributed by atoms with Gasteiger partial charge in [-0.05, 0) is 25.2 Å². The van der Waals surface area contributed by atoms with Gasteiger partial charge in [0, 0.05) is 31.2 Å². The number of piperazine rings is 1. The molecular formula is C14H17Cl2N5OS. The number of hydrogen-bond acceptors (Lipinski definition) is 5. The number of nitrogens with zero attached hydrogens (tertiary/aromatic N) is 3. The molecule has 2 rings (SSSR count). The summed E-state index contributed by atoms with van der Waals surface area (Å²) in [5, 5.41) is 4.94. The van der Waals surface area contributed by atoms with Crippen LogP contribution in [0.5, 0.6) is 0 Å². The summed E-state index contributed by atoms with van der Waals surface area (Å²) < 4.78 is 0. The molecule has 1 amide bonds. The Kier molecular flexibility index (Phi) is 6.17. The third kappa shape index (κ3) is 4.78. The van der Waals surface area contributed by atoms with Gasteiger partial charge in [-0.2, -0.15) is 5.10 Å². The van der Waals surface area contributed by atoms with E-state index < -0.39 is 0 Å². The van der Waals surface area contributed by atoms with E-state index in [2.05, 4.69) is 15.4 Å². The van der Waals surface area contributed by atoms with Crippen molar-refractivity contribution in [3.8, 4) is 0 Å². The molecule has 0 atom stereocenters. The number of halogens is 2. The van der Waals surface area contributed by atoms with Crippen LogP contribution in [0, 0.1) is 0 Å².